The first-order chi connectivity index (χ1) is 9.56. The lowest BCUT2D eigenvalue weighted by Gasteiger charge is -2.13. The van der Waals surface area contributed by atoms with Crippen LogP contribution in [0.5, 0.6) is 0 Å². The Morgan fingerprint density at radius 3 is 2.85 bits per heavy atom. The number of anilines is 1. The van der Waals surface area contributed by atoms with Crippen LogP contribution in [0.4, 0.5) is 5.69 Å². The standard InChI is InChI=1S/C13H14N4O3/c14-9-3-1-2-8(4-9)12(18)17-11(13(19)20)5-10-6-15-7-16-10/h1-4,6-7,11H,5,14H2,(H,15,16)(H,17,18)(H,19,20)/t11-/m1/s1. The highest BCUT2D eigenvalue weighted by Gasteiger charge is 2.21. The van der Waals surface area contributed by atoms with Gasteiger partial charge >= 0.3 is 5.97 Å². The number of aliphatic carboxylic acids is 1. The van der Waals surface area contributed by atoms with E-state index in [4.69, 9.17) is 10.8 Å². The summed E-state index contributed by atoms with van der Waals surface area (Å²) in [6, 6.07) is 5.31. The molecule has 1 heterocycles. The van der Waals surface area contributed by atoms with Gasteiger partial charge in [0.15, 0.2) is 0 Å². The zero-order valence-corrected chi connectivity index (χ0v) is 10.5. The predicted octanol–water partition coefficient (Wildman–Crippen LogP) is 0.418. The topological polar surface area (TPSA) is 121 Å². The minimum atomic E-state index is -1.11. The third-order valence-corrected chi connectivity index (χ3v) is 2.73. The second kappa shape index (κ2) is 5.87. The fraction of sp³-hybridized carbons (Fsp3) is 0.154. The molecule has 0 aliphatic carbocycles. The molecule has 7 heteroatoms. The third kappa shape index (κ3) is 3.35. The van der Waals surface area contributed by atoms with Crippen LogP contribution in [0, 0.1) is 0 Å². The van der Waals surface area contributed by atoms with E-state index in [1.807, 2.05) is 0 Å². The van der Waals surface area contributed by atoms with Gasteiger partial charge in [0, 0.05) is 29.6 Å². The highest BCUT2D eigenvalue weighted by molar-refractivity contribution is 5.97. The average molecular weight is 274 g/mol. The molecule has 104 valence electrons. The number of aromatic amines is 1. The van der Waals surface area contributed by atoms with E-state index >= 15 is 0 Å². The minimum absolute atomic E-state index is 0.128. The Kier molecular flexibility index (Phi) is 3.99. The summed E-state index contributed by atoms with van der Waals surface area (Å²) in [5.74, 6) is -1.60. The molecular formula is C13H14N4O3. The van der Waals surface area contributed by atoms with E-state index in [1.54, 1.807) is 18.2 Å². The first-order valence-corrected chi connectivity index (χ1v) is 5.92. The molecule has 7 nitrogen and oxygen atoms in total. The molecule has 0 unspecified atom stereocenters. The number of rotatable bonds is 5. The second-order valence-corrected chi connectivity index (χ2v) is 4.27. The van der Waals surface area contributed by atoms with Crippen molar-refractivity contribution in [2.24, 2.45) is 0 Å². The van der Waals surface area contributed by atoms with Crippen LogP contribution in [0.1, 0.15) is 16.1 Å². The van der Waals surface area contributed by atoms with Gasteiger partial charge in [0.25, 0.3) is 5.91 Å². The number of nitrogens with zero attached hydrogens (tertiary/aromatic N) is 1. The Hall–Kier alpha value is -2.83. The number of carbonyl (C=O) groups is 2. The van der Waals surface area contributed by atoms with Crippen LogP contribution in [-0.2, 0) is 11.2 Å². The van der Waals surface area contributed by atoms with Gasteiger partial charge < -0.3 is 21.1 Å². The number of imidazole rings is 1. The lowest BCUT2D eigenvalue weighted by Crippen LogP contribution is -2.42. The third-order valence-electron chi connectivity index (χ3n) is 2.73. The number of hydrogen-bond donors (Lipinski definition) is 4. The second-order valence-electron chi connectivity index (χ2n) is 4.27. The fourth-order valence-electron chi connectivity index (χ4n) is 1.74. The van der Waals surface area contributed by atoms with Crippen molar-refractivity contribution in [1.29, 1.82) is 0 Å². The van der Waals surface area contributed by atoms with Gasteiger partial charge in [-0.25, -0.2) is 9.78 Å². The van der Waals surface area contributed by atoms with Gasteiger partial charge in [-0.3, -0.25) is 4.79 Å². The monoisotopic (exact) mass is 274 g/mol. The van der Waals surface area contributed by atoms with E-state index < -0.39 is 17.9 Å². The normalized spacial score (nSPS) is 11.8. The molecule has 0 bridgehead atoms. The largest absolute Gasteiger partial charge is 0.480 e. The maximum absolute atomic E-state index is 12.0. The van der Waals surface area contributed by atoms with E-state index in [9.17, 15) is 9.59 Å². The number of amides is 1. The maximum atomic E-state index is 12.0. The van der Waals surface area contributed by atoms with E-state index in [-0.39, 0.29) is 6.42 Å². The van der Waals surface area contributed by atoms with Crippen LogP contribution >= 0.6 is 0 Å². The quantitative estimate of drug-likeness (QED) is 0.589. The highest BCUT2D eigenvalue weighted by atomic mass is 16.4. The molecule has 1 aromatic heterocycles. The first-order valence-electron chi connectivity index (χ1n) is 5.92. The van der Waals surface area contributed by atoms with Crippen LogP contribution in [0.2, 0.25) is 0 Å². The number of carboxylic acids is 1. The summed E-state index contributed by atoms with van der Waals surface area (Å²) in [5, 5.41) is 11.6. The Morgan fingerprint density at radius 1 is 1.45 bits per heavy atom. The SMILES string of the molecule is Nc1cccc(C(=O)N[C@H](Cc2cnc[nH]2)C(=O)O)c1. The summed E-state index contributed by atoms with van der Waals surface area (Å²) in [6.45, 7) is 0. The fourth-order valence-corrected chi connectivity index (χ4v) is 1.74. The van der Waals surface area contributed by atoms with Crippen molar-refractivity contribution in [3.05, 3.63) is 48.0 Å². The number of nitrogens with one attached hydrogen (secondary N) is 2. The molecule has 0 saturated heterocycles. The lowest BCUT2D eigenvalue weighted by molar-refractivity contribution is -0.139. The first kappa shape index (κ1) is 13.6. The Labute approximate surface area is 114 Å². The van der Waals surface area contributed by atoms with Gasteiger partial charge in [-0.05, 0) is 18.2 Å². The van der Waals surface area contributed by atoms with E-state index in [1.165, 1.54) is 18.6 Å². The molecule has 0 aliphatic rings. The zero-order chi connectivity index (χ0) is 14.5. The number of carbonyl (C=O) groups excluding carboxylic acids is 1. The Morgan fingerprint density at radius 2 is 2.25 bits per heavy atom. The number of nitrogen functional groups attached to an aromatic ring is 1. The van der Waals surface area contributed by atoms with Gasteiger partial charge in [0.05, 0.1) is 6.33 Å². The molecule has 0 radical (unpaired) electrons. The number of hydrogen-bond acceptors (Lipinski definition) is 4. The maximum Gasteiger partial charge on any atom is 0.326 e. The van der Waals surface area contributed by atoms with Crippen LogP contribution in [0.25, 0.3) is 0 Å². The highest BCUT2D eigenvalue weighted by Crippen LogP contribution is 2.07. The number of nitrogens with two attached hydrogens (primary N) is 1. The van der Waals surface area contributed by atoms with E-state index in [2.05, 4.69) is 15.3 Å². The summed E-state index contributed by atoms with van der Waals surface area (Å²) in [5.41, 5.74) is 6.98. The van der Waals surface area contributed by atoms with Crippen molar-refractivity contribution in [2.45, 2.75) is 12.5 Å². The van der Waals surface area contributed by atoms with Gasteiger partial charge in [-0.1, -0.05) is 6.07 Å². The smallest absolute Gasteiger partial charge is 0.326 e. The predicted molar refractivity (Wildman–Crippen MR) is 72.0 cm³/mol. The summed E-state index contributed by atoms with van der Waals surface area (Å²) in [4.78, 5) is 29.8. The molecule has 0 aliphatic heterocycles. The van der Waals surface area contributed by atoms with Crippen molar-refractivity contribution in [3.8, 4) is 0 Å². The van der Waals surface area contributed by atoms with E-state index in [0.29, 0.717) is 16.9 Å². The van der Waals surface area contributed by atoms with Crippen LogP contribution in [-0.4, -0.2) is 33.0 Å². The molecule has 5 N–H and O–H groups in total. The van der Waals surface area contributed by atoms with Crippen LogP contribution < -0.4 is 11.1 Å². The summed E-state index contributed by atoms with van der Waals surface area (Å²) < 4.78 is 0. The number of H-pyrrole nitrogens is 1. The lowest BCUT2D eigenvalue weighted by atomic mass is 10.1. The van der Waals surface area contributed by atoms with Crippen molar-refractivity contribution < 1.29 is 14.7 Å². The van der Waals surface area contributed by atoms with E-state index in [0.717, 1.165) is 0 Å². The Balaban J connectivity index is 2.08. The van der Waals surface area contributed by atoms with Gasteiger partial charge in [-0.2, -0.15) is 0 Å². The summed E-state index contributed by atoms with van der Waals surface area (Å²) in [7, 11) is 0. The number of benzene rings is 1. The van der Waals surface area contributed by atoms with Crippen LogP contribution in [0.15, 0.2) is 36.8 Å². The van der Waals surface area contributed by atoms with Crippen molar-refractivity contribution in [3.63, 3.8) is 0 Å². The molecular weight excluding hydrogens is 260 g/mol. The van der Waals surface area contributed by atoms with Gasteiger partial charge in [-0.15, -0.1) is 0 Å². The number of carboxylic acid groups (broad SMARTS) is 1. The molecule has 0 spiro atoms. The molecule has 1 amide bonds. The molecule has 1 aromatic carbocycles. The average Bonchev–Trinajstić information content (AvgIpc) is 2.90. The number of aromatic nitrogens is 2. The van der Waals surface area contributed by atoms with Crippen molar-refractivity contribution in [2.75, 3.05) is 5.73 Å². The van der Waals surface area contributed by atoms with Crippen LogP contribution in [0.3, 0.4) is 0 Å². The van der Waals surface area contributed by atoms with Gasteiger partial charge in [0.1, 0.15) is 6.04 Å². The molecule has 0 saturated carbocycles. The van der Waals surface area contributed by atoms with Crippen molar-refractivity contribution >= 4 is 17.6 Å². The minimum Gasteiger partial charge on any atom is -0.480 e. The Bertz CT molecular complexity index is 610. The molecule has 1 atom stereocenters. The summed E-state index contributed by atoms with van der Waals surface area (Å²) in [6.07, 6.45) is 3.10. The zero-order valence-electron chi connectivity index (χ0n) is 10.5. The van der Waals surface area contributed by atoms with Gasteiger partial charge in [0.2, 0.25) is 0 Å². The molecule has 0 fully saturated rings. The summed E-state index contributed by atoms with van der Waals surface area (Å²) >= 11 is 0. The molecule has 2 aromatic rings. The molecule has 20 heavy (non-hydrogen) atoms. The van der Waals surface area contributed by atoms with Crippen molar-refractivity contribution in [1.82, 2.24) is 15.3 Å². The molecule has 2 rings (SSSR count).